The Labute approximate surface area is 87.9 Å². The summed E-state index contributed by atoms with van der Waals surface area (Å²) in [7, 11) is 0. The van der Waals surface area contributed by atoms with Gasteiger partial charge in [-0.25, -0.2) is 0 Å². The minimum atomic E-state index is -0.447. The molecule has 1 aromatic carbocycles. The van der Waals surface area contributed by atoms with E-state index in [2.05, 4.69) is 11.1 Å². The van der Waals surface area contributed by atoms with Gasteiger partial charge in [-0.1, -0.05) is 6.07 Å². The standard InChI is InChI=1S/C12H11N2O/c1-7-3-4-11-9(5-7)6-10(12(13)15)8(2)14-11/h3-4,6H,1-2H3,(H2,13,15). The van der Waals surface area contributed by atoms with Crippen molar-refractivity contribution in [2.24, 2.45) is 5.73 Å². The first-order chi connectivity index (χ1) is 7.08. The molecule has 0 unspecified atom stereocenters. The average Bonchev–Trinajstić information content (AvgIpc) is 2.17. The van der Waals surface area contributed by atoms with Crippen LogP contribution < -0.4 is 5.73 Å². The van der Waals surface area contributed by atoms with E-state index in [1.165, 1.54) is 0 Å². The van der Waals surface area contributed by atoms with Crippen molar-refractivity contribution in [3.63, 3.8) is 0 Å². The summed E-state index contributed by atoms with van der Waals surface area (Å²) in [5, 5.41) is 0.828. The molecule has 1 radical (unpaired) electrons. The fraction of sp³-hybridized carbons (Fsp3) is 0.167. The van der Waals surface area contributed by atoms with E-state index in [9.17, 15) is 4.79 Å². The van der Waals surface area contributed by atoms with Crippen LogP contribution in [0.5, 0.6) is 0 Å². The summed E-state index contributed by atoms with van der Waals surface area (Å²) < 4.78 is 0. The topological polar surface area (TPSA) is 56.0 Å². The summed E-state index contributed by atoms with van der Waals surface area (Å²) in [4.78, 5) is 15.4. The monoisotopic (exact) mass is 199 g/mol. The van der Waals surface area contributed by atoms with Crippen LogP contribution in [0.4, 0.5) is 0 Å². The zero-order valence-electron chi connectivity index (χ0n) is 8.66. The van der Waals surface area contributed by atoms with Crippen molar-refractivity contribution >= 4 is 16.8 Å². The highest BCUT2D eigenvalue weighted by Gasteiger charge is 2.07. The third-order valence-corrected chi connectivity index (χ3v) is 2.33. The number of amides is 1. The number of nitrogens with two attached hydrogens (primary N) is 1. The summed E-state index contributed by atoms with van der Waals surface area (Å²) in [6, 6.07) is 8.74. The van der Waals surface area contributed by atoms with Crippen molar-refractivity contribution in [2.45, 2.75) is 13.8 Å². The average molecular weight is 199 g/mol. The molecule has 0 atom stereocenters. The predicted molar refractivity (Wildman–Crippen MR) is 58.6 cm³/mol. The zero-order valence-corrected chi connectivity index (χ0v) is 8.66. The maximum absolute atomic E-state index is 11.1. The Morgan fingerprint density at radius 1 is 1.40 bits per heavy atom. The van der Waals surface area contributed by atoms with Gasteiger partial charge in [0.2, 0.25) is 0 Å². The Kier molecular flexibility index (Phi) is 2.15. The van der Waals surface area contributed by atoms with Crippen molar-refractivity contribution < 1.29 is 4.79 Å². The van der Waals surface area contributed by atoms with Gasteiger partial charge in [-0.3, -0.25) is 9.78 Å². The molecule has 0 aliphatic rings. The summed E-state index contributed by atoms with van der Waals surface area (Å²) in [5.74, 6) is -0.447. The molecule has 0 saturated heterocycles. The molecule has 1 amide bonds. The fourth-order valence-corrected chi connectivity index (χ4v) is 1.56. The van der Waals surface area contributed by atoms with E-state index in [-0.39, 0.29) is 0 Å². The third-order valence-electron chi connectivity index (χ3n) is 2.33. The smallest absolute Gasteiger partial charge is 0.250 e. The minimum Gasteiger partial charge on any atom is -0.366 e. The minimum absolute atomic E-state index is 0.447. The van der Waals surface area contributed by atoms with Crippen LogP contribution in [0.1, 0.15) is 21.6 Å². The first kappa shape index (κ1) is 9.65. The van der Waals surface area contributed by atoms with Gasteiger partial charge in [0.05, 0.1) is 16.8 Å². The second kappa shape index (κ2) is 3.35. The highest BCUT2D eigenvalue weighted by molar-refractivity contribution is 5.97. The van der Waals surface area contributed by atoms with Gasteiger partial charge in [0.25, 0.3) is 5.91 Å². The first-order valence-corrected chi connectivity index (χ1v) is 4.68. The molecule has 1 heterocycles. The molecule has 0 aliphatic carbocycles. The summed E-state index contributed by atoms with van der Waals surface area (Å²) in [5.41, 5.74) is 8.23. The molecule has 75 valence electrons. The van der Waals surface area contributed by atoms with Gasteiger partial charge in [-0.2, -0.15) is 0 Å². The van der Waals surface area contributed by atoms with Gasteiger partial charge in [-0.05, 0) is 37.6 Å². The van der Waals surface area contributed by atoms with Gasteiger partial charge in [-0.15, -0.1) is 0 Å². The van der Waals surface area contributed by atoms with E-state index in [0.29, 0.717) is 11.3 Å². The lowest BCUT2D eigenvalue weighted by Crippen LogP contribution is -2.13. The van der Waals surface area contributed by atoms with Gasteiger partial charge in [0.1, 0.15) is 0 Å². The number of aromatic nitrogens is 1. The van der Waals surface area contributed by atoms with Crippen LogP contribution in [0.25, 0.3) is 10.9 Å². The Bertz CT molecular complexity index is 547. The van der Waals surface area contributed by atoms with E-state index in [1.807, 2.05) is 19.1 Å². The molecule has 3 nitrogen and oxygen atoms in total. The third kappa shape index (κ3) is 1.68. The largest absolute Gasteiger partial charge is 0.366 e. The molecule has 1 aromatic heterocycles. The van der Waals surface area contributed by atoms with Crippen LogP contribution in [-0.2, 0) is 0 Å². The zero-order chi connectivity index (χ0) is 11.0. The molecule has 0 bridgehead atoms. The van der Waals surface area contributed by atoms with Crippen molar-refractivity contribution in [2.75, 3.05) is 0 Å². The van der Waals surface area contributed by atoms with Crippen LogP contribution in [0.15, 0.2) is 18.2 Å². The van der Waals surface area contributed by atoms with Crippen LogP contribution in [0.3, 0.4) is 0 Å². The summed E-state index contributed by atoms with van der Waals surface area (Å²) >= 11 is 0. The maximum atomic E-state index is 11.1. The van der Waals surface area contributed by atoms with Gasteiger partial charge in [0.15, 0.2) is 0 Å². The van der Waals surface area contributed by atoms with Gasteiger partial charge in [0, 0.05) is 5.39 Å². The second-order valence-corrected chi connectivity index (χ2v) is 3.56. The molecule has 2 aromatic rings. The van der Waals surface area contributed by atoms with Crippen LogP contribution in [0, 0.1) is 19.9 Å². The number of carbonyl (C=O) groups is 1. The lowest BCUT2D eigenvalue weighted by atomic mass is 10.1. The number of hydrogen-bond acceptors (Lipinski definition) is 2. The number of benzene rings is 1. The Morgan fingerprint density at radius 2 is 2.13 bits per heavy atom. The quantitative estimate of drug-likeness (QED) is 0.760. The number of primary amides is 1. The van der Waals surface area contributed by atoms with Gasteiger partial charge < -0.3 is 5.73 Å². The molecule has 2 N–H and O–H groups in total. The van der Waals surface area contributed by atoms with E-state index in [0.717, 1.165) is 16.5 Å². The van der Waals surface area contributed by atoms with Crippen molar-refractivity contribution in [3.8, 4) is 0 Å². The molecular weight excluding hydrogens is 188 g/mol. The van der Waals surface area contributed by atoms with E-state index >= 15 is 0 Å². The molecular formula is C12H11N2O. The maximum Gasteiger partial charge on any atom is 0.250 e. The Balaban J connectivity index is 2.77. The van der Waals surface area contributed by atoms with Crippen molar-refractivity contribution in [1.82, 2.24) is 4.98 Å². The summed E-state index contributed by atoms with van der Waals surface area (Å²) in [6.07, 6.45) is 0. The predicted octanol–water partition coefficient (Wildman–Crippen LogP) is 1.75. The lowest BCUT2D eigenvalue weighted by Gasteiger charge is -2.04. The number of rotatable bonds is 1. The van der Waals surface area contributed by atoms with E-state index in [4.69, 9.17) is 5.73 Å². The van der Waals surface area contributed by atoms with E-state index < -0.39 is 5.91 Å². The highest BCUT2D eigenvalue weighted by Crippen LogP contribution is 2.16. The molecule has 15 heavy (non-hydrogen) atoms. The number of carbonyl (C=O) groups excluding carboxylic acids is 1. The Hall–Kier alpha value is -1.90. The fourth-order valence-electron chi connectivity index (χ4n) is 1.56. The first-order valence-electron chi connectivity index (χ1n) is 4.68. The second-order valence-electron chi connectivity index (χ2n) is 3.56. The normalized spacial score (nSPS) is 10.5. The molecule has 3 heteroatoms. The SMILES string of the molecule is Cc1[c]c2cc(C(N)=O)c(C)nc2cc1. The lowest BCUT2D eigenvalue weighted by molar-refractivity contribution is 0.0999. The number of nitrogens with zero attached hydrogens (tertiary/aromatic N) is 1. The highest BCUT2D eigenvalue weighted by atomic mass is 16.1. The number of hydrogen-bond donors (Lipinski definition) is 1. The molecule has 0 aliphatic heterocycles. The molecule has 0 fully saturated rings. The van der Waals surface area contributed by atoms with Gasteiger partial charge >= 0.3 is 0 Å². The van der Waals surface area contributed by atoms with Crippen molar-refractivity contribution in [3.05, 3.63) is 41.1 Å². The van der Waals surface area contributed by atoms with Crippen molar-refractivity contribution in [1.29, 1.82) is 0 Å². The number of fused-ring (bicyclic) bond motifs is 1. The Morgan fingerprint density at radius 3 is 2.80 bits per heavy atom. The summed E-state index contributed by atoms with van der Waals surface area (Å²) in [6.45, 7) is 3.72. The molecule has 2 rings (SSSR count). The molecule has 0 saturated carbocycles. The van der Waals surface area contributed by atoms with Crippen LogP contribution >= 0.6 is 0 Å². The number of pyridine rings is 1. The van der Waals surface area contributed by atoms with Crippen LogP contribution in [-0.4, -0.2) is 10.9 Å². The van der Waals surface area contributed by atoms with Crippen LogP contribution in [0.2, 0.25) is 0 Å². The number of aryl methyl sites for hydroxylation is 2. The molecule has 0 spiro atoms. The van der Waals surface area contributed by atoms with E-state index in [1.54, 1.807) is 13.0 Å².